The van der Waals surface area contributed by atoms with E-state index >= 15 is 0 Å². The van der Waals surface area contributed by atoms with Crippen LogP contribution in [0, 0.1) is 6.92 Å². The summed E-state index contributed by atoms with van der Waals surface area (Å²) in [6, 6.07) is 0. The largest absolute Gasteiger partial charge is 0.414 e. The molecule has 0 bridgehead atoms. The minimum atomic E-state index is -2.47. The quantitative estimate of drug-likeness (QED) is 0.152. The molecule has 0 aromatic carbocycles. The number of aryl methyl sites for hydroxylation is 1. The van der Waals surface area contributed by atoms with Crippen molar-refractivity contribution in [3.63, 3.8) is 0 Å². The number of H-pyrrole nitrogens is 1. The second kappa shape index (κ2) is 9.54. The van der Waals surface area contributed by atoms with E-state index in [-0.39, 0.29) is 16.7 Å². The molecule has 210 valence electrons. The number of rotatable bonds is 7. The lowest BCUT2D eigenvalue weighted by Crippen LogP contribution is -2.54. The highest BCUT2D eigenvalue weighted by molar-refractivity contribution is 6.74. The van der Waals surface area contributed by atoms with Crippen molar-refractivity contribution in [1.29, 1.82) is 0 Å². The van der Waals surface area contributed by atoms with Crippen LogP contribution in [0.5, 0.6) is 0 Å². The van der Waals surface area contributed by atoms with Gasteiger partial charge in [-0.3, -0.25) is 24.6 Å². The monoisotopic (exact) mass is 556 g/mol. The molecule has 1 amide bonds. The molecule has 1 aromatic heterocycles. The van der Waals surface area contributed by atoms with Gasteiger partial charge in [-0.25, -0.2) is 10.6 Å². The first-order valence-corrected chi connectivity index (χ1v) is 18.5. The number of nitrogens with two attached hydrogens (primary N) is 1. The number of ether oxygens (including phenoxy) is 2. The summed E-state index contributed by atoms with van der Waals surface area (Å²) >= 11 is 0. The van der Waals surface area contributed by atoms with E-state index < -0.39 is 63.9 Å². The van der Waals surface area contributed by atoms with Gasteiger partial charge in [0.1, 0.15) is 12.2 Å². The molecule has 0 unspecified atom stereocenters. The number of carbonyl (C=O) groups is 1. The smallest absolute Gasteiger partial charge is 0.330 e. The van der Waals surface area contributed by atoms with Crippen LogP contribution in [0.15, 0.2) is 15.8 Å². The molecule has 2 aliphatic rings. The van der Waals surface area contributed by atoms with Gasteiger partial charge >= 0.3 is 5.69 Å². The fourth-order valence-electron chi connectivity index (χ4n) is 4.02. The SMILES string of the molecule is Cc1cn([C@@H]2O[C@H](CO[Si](C)(C)C(C)(C)C)[C@]3(O[C@H]3C(=O)NN)[C@H]2O[Si](C)(C)C(C)(C)C)c(=O)[nH]c1=O. The third kappa shape index (κ3) is 5.31. The van der Waals surface area contributed by atoms with Crippen molar-refractivity contribution >= 4 is 22.5 Å². The summed E-state index contributed by atoms with van der Waals surface area (Å²) < 4.78 is 27.3. The van der Waals surface area contributed by atoms with Crippen molar-refractivity contribution in [3.8, 4) is 0 Å². The first-order chi connectivity index (χ1) is 16.7. The van der Waals surface area contributed by atoms with Crippen LogP contribution in [-0.2, 0) is 23.1 Å². The van der Waals surface area contributed by atoms with Gasteiger partial charge in [0.15, 0.2) is 34.6 Å². The Kier molecular flexibility index (Phi) is 7.72. The summed E-state index contributed by atoms with van der Waals surface area (Å²) in [5, 5.41) is -0.235. The normalized spacial score (nSPS) is 28.5. The summed E-state index contributed by atoms with van der Waals surface area (Å²) in [4.78, 5) is 40.2. The lowest BCUT2D eigenvalue weighted by molar-refractivity contribution is -0.122. The Morgan fingerprint density at radius 3 is 2.22 bits per heavy atom. The Labute approximate surface area is 220 Å². The highest BCUT2D eigenvalue weighted by atomic mass is 28.4. The summed E-state index contributed by atoms with van der Waals surface area (Å²) in [5.41, 5.74) is 0.203. The van der Waals surface area contributed by atoms with Crippen LogP contribution >= 0.6 is 0 Å². The molecule has 0 aliphatic carbocycles. The number of aromatic nitrogens is 2. The molecule has 4 N–H and O–H groups in total. The molecule has 1 spiro atoms. The Bertz CT molecular complexity index is 1150. The molecular weight excluding hydrogens is 512 g/mol. The van der Waals surface area contributed by atoms with Crippen molar-refractivity contribution in [2.75, 3.05) is 6.61 Å². The standard InChI is InChI=1S/C24H44N4O7Si2/c1-14-12-28(21(31)26-18(14)29)20-17(35-37(10,11)23(5,6)7)24(16(34-24)19(30)27-25)15(33-20)13-32-36(8,9)22(2,3)4/h12,15-17,20H,13,25H2,1-11H3,(H,27,30)(H,26,29,31)/t15-,16+,17+,20-,24-/m1/s1. The third-order valence-electron chi connectivity index (χ3n) is 8.62. The highest BCUT2D eigenvalue weighted by Crippen LogP contribution is 2.56. The number of epoxide rings is 1. The third-order valence-corrected chi connectivity index (χ3v) is 17.6. The summed E-state index contributed by atoms with van der Waals surface area (Å²) in [6.07, 6.45) is -1.99. The number of nitrogens with zero attached hydrogens (tertiary/aromatic N) is 1. The van der Waals surface area contributed by atoms with Gasteiger partial charge in [0, 0.05) is 11.8 Å². The molecule has 0 saturated carbocycles. The fourth-order valence-corrected chi connectivity index (χ4v) is 6.31. The maximum atomic E-state index is 13.0. The van der Waals surface area contributed by atoms with E-state index in [0.717, 1.165) is 0 Å². The lowest BCUT2D eigenvalue weighted by Gasteiger charge is -2.40. The van der Waals surface area contributed by atoms with Gasteiger partial charge < -0.3 is 18.3 Å². The molecular formula is C24H44N4O7Si2. The lowest BCUT2D eigenvalue weighted by atomic mass is 9.93. The topological polar surface area (TPSA) is 150 Å². The van der Waals surface area contributed by atoms with E-state index in [0.29, 0.717) is 5.56 Å². The molecule has 13 heteroatoms. The maximum Gasteiger partial charge on any atom is 0.330 e. The van der Waals surface area contributed by atoms with Gasteiger partial charge in [-0.05, 0) is 43.2 Å². The van der Waals surface area contributed by atoms with Crippen molar-refractivity contribution in [3.05, 3.63) is 32.6 Å². The number of aromatic amines is 1. The number of hydrogen-bond donors (Lipinski definition) is 3. The average molecular weight is 557 g/mol. The first kappa shape index (κ1) is 29.9. The van der Waals surface area contributed by atoms with Crippen LogP contribution in [0.2, 0.25) is 36.3 Å². The molecule has 5 atom stereocenters. The van der Waals surface area contributed by atoms with Crippen molar-refractivity contribution in [2.45, 2.75) is 115 Å². The molecule has 3 rings (SSSR count). The van der Waals surface area contributed by atoms with Gasteiger partial charge in [0.25, 0.3) is 11.5 Å². The van der Waals surface area contributed by atoms with Gasteiger partial charge in [-0.2, -0.15) is 0 Å². The molecule has 2 fully saturated rings. The Hall–Kier alpha value is -1.62. The Morgan fingerprint density at radius 1 is 1.14 bits per heavy atom. The predicted molar refractivity (Wildman–Crippen MR) is 145 cm³/mol. The number of hydrazine groups is 1. The zero-order valence-corrected chi connectivity index (χ0v) is 26.0. The summed E-state index contributed by atoms with van der Waals surface area (Å²) in [7, 11) is -4.67. The second-order valence-electron chi connectivity index (χ2n) is 13.2. The van der Waals surface area contributed by atoms with Crippen LogP contribution in [0.25, 0.3) is 0 Å². The van der Waals surface area contributed by atoms with Crippen LogP contribution < -0.4 is 22.5 Å². The first-order valence-electron chi connectivity index (χ1n) is 12.7. The molecule has 3 heterocycles. The minimum Gasteiger partial charge on any atom is -0.414 e. The maximum absolute atomic E-state index is 13.0. The molecule has 1 aromatic rings. The van der Waals surface area contributed by atoms with Crippen LogP contribution in [0.4, 0.5) is 0 Å². The molecule has 0 radical (unpaired) electrons. The zero-order valence-electron chi connectivity index (χ0n) is 24.0. The summed E-state index contributed by atoms with van der Waals surface area (Å²) in [6.45, 7) is 22.9. The molecule has 37 heavy (non-hydrogen) atoms. The number of amides is 1. The van der Waals surface area contributed by atoms with E-state index in [1.807, 2.05) is 0 Å². The number of hydrogen-bond acceptors (Lipinski definition) is 8. The highest BCUT2D eigenvalue weighted by Gasteiger charge is 2.77. The van der Waals surface area contributed by atoms with Gasteiger partial charge in [0.05, 0.1) is 6.61 Å². The van der Waals surface area contributed by atoms with Crippen molar-refractivity contribution in [2.24, 2.45) is 5.84 Å². The Morgan fingerprint density at radius 2 is 1.70 bits per heavy atom. The number of carbonyl (C=O) groups excluding carboxylic acids is 1. The van der Waals surface area contributed by atoms with Gasteiger partial charge in [0.2, 0.25) is 0 Å². The second-order valence-corrected chi connectivity index (χ2v) is 22.8. The van der Waals surface area contributed by atoms with Gasteiger partial charge in [-0.1, -0.05) is 41.5 Å². The van der Waals surface area contributed by atoms with Crippen LogP contribution in [-0.4, -0.2) is 62.6 Å². The van der Waals surface area contributed by atoms with Crippen LogP contribution in [0.3, 0.4) is 0 Å². The predicted octanol–water partition coefficient (Wildman–Crippen LogP) is 2.28. The molecule has 2 saturated heterocycles. The summed E-state index contributed by atoms with van der Waals surface area (Å²) in [5.74, 6) is 4.98. The van der Waals surface area contributed by atoms with E-state index in [4.69, 9.17) is 24.2 Å². The Balaban J connectivity index is 2.13. The van der Waals surface area contributed by atoms with E-state index in [1.165, 1.54) is 10.8 Å². The van der Waals surface area contributed by atoms with Crippen LogP contribution in [0.1, 0.15) is 53.3 Å². The van der Waals surface area contributed by atoms with E-state index in [1.54, 1.807) is 6.92 Å². The fraction of sp³-hybridized carbons (Fsp3) is 0.792. The van der Waals surface area contributed by atoms with E-state index in [9.17, 15) is 14.4 Å². The van der Waals surface area contributed by atoms with E-state index in [2.05, 4.69) is 78.1 Å². The van der Waals surface area contributed by atoms with Crippen molar-refractivity contribution in [1.82, 2.24) is 15.0 Å². The number of nitrogens with one attached hydrogen (secondary N) is 2. The average Bonchev–Trinajstić information content (AvgIpc) is 3.42. The zero-order chi connectivity index (χ0) is 28.4. The molecule has 2 aliphatic heterocycles. The minimum absolute atomic E-state index is 0.0549. The molecule has 11 nitrogen and oxygen atoms in total. The van der Waals surface area contributed by atoms with Crippen molar-refractivity contribution < 1.29 is 23.1 Å². The van der Waals surface area contributed by atoms with Gasteiger partial charge in [-0.15, -0.1) is 0 Å².